The Morgan fingerprint density at radius 2 is 2.08 bits per heavy atom. The third-order valence-corrected chi connectivity index (χ3v) is 2.48. The van der Waals surface area contributed by atoms with Crippen molar-refractivity contribution in [3.05, 3.63) is 29.3 Å². The number of nitrogens with zero attached hydrogens (tertiary/aromatic N) is 1. The zero-order valence-corrected chi connectivity index (χ0v) is 6.80. The predicted molar refractivity (Wildman–Crippen MR) is 44.6 cm³/mol. The summed E-state index contributed by atoms with van der Waals surface area (Å²) in [6, 6.07) is 7.28. The van der Waals surface area contributed by atoms with Crippen LogP contribution in [0.15, 0.2) is 24.3 Å². The van der Waals surface area contributed by atoms with Crippen molar-refractivity contribution < 1.29 is 9.90 Å². The minimum atomic E-state index is -1.21. The number of thiazole rings is 1. The van der Waals surface area contributed by atoms with Crippen molar-refractivity contribution in [1.29, 1.82) is 0 Å². The fourth-order valence-electron chi connectivity index (χ4n) is 0.960. The van der Waals surface area contributed by atoms with Gasteiger partial charge in [0.2, 0.25) is 5.01 Å². The second kappa shape index (κ2) is 2.57. The van der Waals surface area contributed by atoms with Gasteiger partial charge >= 0.3 is 5.97 Å². The number of carbonyl (C=O) groups is 1. The molecule has 0 amide bonds. The van der Waals surface area contributed by atoms with E-state index < -0.39 is 5.97 Å². The van der Waals surface area contributed by atoms with E-state index in [9.17, 15) is 9.90 Å². The standard InChI is InChI=1S/C8H4NO2S/c10-8(11)7-9-5-3-1-2-4-6(5)12-7/h1-4H. The van der Waals surface area contributed by atoms with Crippen LogP contribution >= 0.6 is 11.3 Å². The lowest BCUT2D eigenvalue weighted by Gasteiger charge is -1.80. The van der Waals surface area contributed by atoms with Gasteiger partial charge in [0.1, 0.15) is 0 Å². The number of rotatable bonds is 1. The van der Waals surface area contributed by atoms with Crippen molar-refractivity contribution >= 4 is 27.5 Å². The summed E-state index contributed by atoms with van der Waals surface area (Å²) >= 11 is 1.13. The van der Waals surface area contributed by atoms with E-state index in [1.165, 1.54) is 0 Å². The summed E-state index contributed by atoms with van der Waals surface area (Å²) in [5.41, 5.74) is 0.710. The molecule has 1 radical (unpaired) electrons. The molecule has 0 aliphatic heterocycles. The normalized spacial score (nSPS) is 10.3. The smallest absolute Gasteiger partial charge is 0.239 e. The van der Waals surface area contributed by atoms with Gasteiger partial charge in [0, 0.05) is 0 Å². The molecule has 4 heteroatoms. The number of hydrogen-bond donors (Lipinski definition) is 0. The largest absolute Gasteiger partial charge is 0.414 e. The van der Waals surface area contributed by atoms with E-state index in [1.807, 2.05) is 18.2 Å². The summed E-state index contributed by atoms with van der Waals surface area (Å²) in [6.45, 7) is 0. The molecule has 12 heavy (non-hydrogen) atoms. The van der Waals surface area contributed by atoms with Crippen LogP contribution in [-0.2, 0) is 5.11 Å². The zero-order valence-electron chi connectivity index (χ0n) is 5.98. The van der Waals surface area contributed by atoms with E-state index >= 15 is 0 Å². The van der Waals surface area contributed by atoms with Gasteiger partial charge in [-0.1, -0.05) is 12.1 Å². The number of aromatic nitrogens is 1. The highest BCUT2D eigenvalue weighted by atomic mass is 32.1. The van der Waals surface area contributed by atoms with E-state index in [1.54, 1.807) is 6.07 Å². The molecule has 1 aromatic carbocycles. The molecule has 1 heterocycles. The second-order valence-corrected chi connectivity index (χ2v) is 3.30. The highest BCUT2D eigenvalue weighted by Crippen LogP contribution is 2.21. The Hall–Kier alpha value is -1.42. The summed E-state index contributed by atoms with van der Waals surface area (Å²) in [5.74, 6) is -1.21. The lowest BCUT2D eigenvalue weighted by molar-refractivity contribution is 0.0573. The summed E-state index contributed by atoms with van der Waals surface area (Å²) in [7, 11) is 0. The molecule has 0 bridgehead atoms. The van der Waals surface area contributed by atoms with Crippen LogP contribution in [0.1, 0.15) is 9.80 Å². The Morgan fingerprint density at radius 1 is 1.33 bits per heavy atom. The maximum Gasteiger partial charge on any atom is 0.414 e. The molecule has 0 unspecified atom stereocenters. The molecule has 0 atom stereocenters. The summed E-state index contributed by atoms with van der Waals surface area (Å²) in [4.78, 5) is 14.3. The maximum absolute atomic E-state index is 10.4. The van der Waals surface area contributed by atoms with Gasteiger partial charge in [-0.15, -0.1) is 11.3 Å². The molecule has 0 aliphatic rings. The van der Waals surface area contributed by atoms with E-state index in [2.05, 4.69) is 4.98 Å². The number of para-hydroxylation sites is 1. The Labute approximate surface area is 72.3 Å². The summed E-state index contributed by atoms with van der Waals surface area (Å²) in [5, 5.41) is 10.4. The minimum Gasteiger partial charge on any atom is -0.239 e. The Kier molecular flexibility index (Phi) is 1.55. The first-order valence-electron chi connectivity index (χ1n) is 3.34. The molecular weight excluding hydrogens is 174 g/mol. The third-order valence-electron chi connectivity index (χ3n) is 1.47. The minimum absolute atomic E-state index is 0.0381. The van der Waals surface area contributed by atoms with Gasteiger partial charge in [-0.3, -0.25) is 0 Å². The first-order valence-corrected chi connectivity index (χ1v) is 4.16. The lowest BCUT2D eigenvalue weighted by Crippen LogP contribution is -1.90. The number of carbonyl (C=O) groups excluding carboxylic acids is 1. The molecule has 0 saturated heterocycles. The van der Waals surface area contributed by atoms with Gasteiger partial charge in [0.05, 0.1) is 10.2 Å². The molecule has 0 saturated carbocycles. The van der Waals surface area contributed by atoms with Crippen LogP contribution < -0.4 is 0 Å². The fraction of sp³-hybridized carbons (Fsp3) is 0. The molecule has 59 valence electrons. The van der Waals surface area contributed by atoms with E-state index in [-0.39, 0.29) is 5.01 Å². The number of fused-ring (bicyclic) bond motifs is 1. The molecular formula is C8H4NO2S. The van der Waals surface area contributed by atoms with Crippen LogP contribution in [0.3, 0.4) is 0 Å². The summed E-state index contributed by atoms with van der Waals surface area (Å²) in [6.07, 6.45) is 0. The lowest BCUT2D eigenvalue weighted by atomic mass is 10.3. The number of hydrogen-bond acceptors (Lipinski definition) is 3. The van der Waals surface area contributed by atoms with Crippen molar-refractivity contribution in [1.82, 2.24) is 4.98 Å². The van der Waals surface area contributed by atoms with Crippen molar-refractivity contribution in [3.63, 3.8) is 0 Å². The van der Waals surface area contributed by atoms with Gasteiger partial charge in [0.15, 0.2) is 0 Å². The molecule has 1 aromatic heterocycles. The SMILES string of the molecule is [O]C(=O)c1nc2ccccc2s1. The van der Waals surface area contributed by atoms with Crippen LogP contribution in [0.25, 0.3) is 10.2 Å². The topological polar surface area (TPSA) is 49.9 Å². The average Bonchev–Trinajstić information content (AvgIpc) is 2.46. The molecule has 2 aromatic rings. The van der Waals surface area contributed by atoms with Gasteiger partial charge in [-0.05, 0) is 12.1 Å². The first kappa shape index (κ1) is 7.24. The first-order chi connectivity index (χ1) is 5.77. The molecule has 0 N–H and O–H groups in total. The van der Waals surface area contributed by atoms with Gasteiger partial charge < -0.3 is 0 Å². The molecule has 3 nitrogen and oxygen atoms in total. The van der Waals surface area contributed by atoms with Crippen LogP contribution in [0, 0.1) is 0 Å². The Bertz CT molecular complexity index is 402. The van der Waals surface area contributed by atoms with E-state index in [0.717, 1.165) is 16.0 Å². The van der Waals surface area contributed by atoms with Crippen molar-refractivity contribution in [2.45, 2.75) is 0 Å². The molecule has 2 rings (SSSR count). The van der Waals surface area contributed by atoms with E-state index in [4.69, 9.17) is 0 Å². The molecule has 0 spiro atoms. The predicted octanol–water partition coefficient (Wildman–Crippen LogP) is 1.87. The molecule has 0 aliphatic carbocycles. The van der Waals surface area contributed by atoms with Gasteiger partial charge in [-0.2, -0.15) is 0 Å². The van der Waals surface area contributed by atoms with Crippen molar-refractivity contribution in [2.24, 2.45) is 0 Å². The van der Waals surface area contributed by atoms with E-state index in [0.29, 0.717) is 5.52 Å². The van der Waals surface area contributed by atoms with Crippen LogP contribution in [0.5, 0.6) is 0 Å². The van der Waals surface area contributed by atoms with Crippen LogP contribution in [-0.4, -0.2) is 11.0 Å². The van der Waals surface area contributed by atoms with Crippen molar-refractivity contribution in [3.8, 4) is 0 Å². The van der Waals surface area contributed by atoms with Crippen LogP contribution in [0.2, 0.25) is 0 Å². The Morgan fingerprint density at radius 3 is 2.75 bits per heavy atom. The highest BCUT2D eigenvalue weighted by Gasteiger charge is 2.10. The van der Waals surface area contributed by atoms with Gasteiger partial charge in [0.25, 0.3) is 0 Å². The highest BCUT2D eigenvalue weighted by molar-refractivity contribution is 7.20. The third kappa shape index (κ3) is 1.06. The van der Waals surface area contributed by atoms with Crippen molar-refractivity contribution in [2.75, 3.05) is 0 Å². The fourth-order valence-corrected chi connectivity index (χ4v) is 1.76. The summed E-state index contributed by atoms with van der Waals surface area (Å²) < 4.78 is 0.872. The average molecular weight is 178 g/mol. The number of benzene rings is 1. The maximum atomic E-state index is 10.4. The monoisotopic (exact) mass is 178 g/mol. The molecule has 0 fully saturated rings. The van der Waals surface area contributed by atoms with Gasteiger partial charge in [-0.25, -0.2) is 14.9 Å². The quantitative estimate of drug-likeness (QED) is 0.669. The second-order valence-electron chi connectivity index (χ2n) is 2.27. The zero-order chi connectivity index (χ0) is 8.55. The Balaban J connectivity index is 2.70. The van der Waals surface area contributed by atoms with Crippen LogP contribution in [0.4, 0.5) is 0 Å².